The highest BCUT2D eigenvalue weighted by Gasteiger charge is 2.36. The molecule has 2 saturated heterocycles. The minimum atomic E-state index is -0.791. The van der Waals surface area contributed by atoms with Crippen LogP contribution in [-0.4, -0.2) is 83.0 Å². The summed E-state index contributed by atoms with van der Waals surface area (Å²) >= 11 is 0. The Labute approximate surface area is 225 Å². The lowest BCUT2D eigenvalue weighted by Gasteiger charge is -2.28. The van der Waals surface area contributed by atoms with Gasteiger partial charge in [0.05, 0.1) is 24.9 Å². The van der Waals surface area contributed by atoms with Gasteiger partial charge in [0.15, 0.2) is 0 Å². The quantitative estimate of drug-likeness (QED) is 0.425. The minimum absolute atomic E-state index is 0.196. The van der Waals surface area contributed by atoms with E-state index in [2.05, 4.69) is 33.1 Å². The zero-order chi connectivity index (χ0) is 27.1. The molecule has 2 atom stereocenters. The van der Waals surface area contributed by atoms with E-state index in [1.807, 2.05) is 12.1 Å². The van der Waals surface area contributed by atoms with Crippen LogP contribution in [0.5, 0.6) is 0 Å². The number of alkyl halides is 1. The molecular formula is C29H32FN5O4. The Hall–Kier alpha value is -3.63. The number of pyridine rings is 1. The highest BCUT2D eigenvalue weighted by Crippen LogP contribution is 2.34. The van der Waals surface area contributed by atoms with Crippen molar-refractivity contribution in [3.63, 3.8) is 0 Å². The third-order valence-corrected chi connectivity index (χ3v) is 8.11. The lowest BCUT2D eigenvalue weighted by atomic mass is 10.0. The van der Waals surface area contributed by atoms with Crippen LogP contribution in [0.3, 0.4) is 0 Å². The molecule has 10 heteroatoms. The number of nitrogens with zero attached hydrogens (tertiary/aromatic N) is 4. The standard InChI is InChI=1S/C29H32FN5O4/c1-31-28(37)26(3-2-10-36)35-14-19-11-18(4-5-24(19)29(35)38)25-12-20(13-33-8-6-21(30)15-33)23-7-9-34(27(23)32-25)22-16-39-17-22/h4-5,7,9-12,21-22,26H,2-3,6,8,13-17H2,1H3,(H,31,37). The first-order chi connectivity index (χ1) is 19.0. The molecular weight excluding hydrogens is 501 g/mol. The predicted molar refractivity (Wildman–Crippen MR) is 143 cm³/mol. The summed E-state index contributed by atoms with van der Waals surface area (Å²) in [6, 6.07) is 9.34. The number of fused-ring (bicyclic) bond motifs is 2. The number of likely N-dealkylation sites (tertiary alicyclic amines) is 1. The summed E-state index contributed by atoms with van der Waals surface area (Å²) in [4.78, 5) is 45.5. The average molecular weight is 534 g/mol. The van der Waals surface area contributed by atoms with Crippen LogP contribution in [0, 0.1) is 0 Å². The molecule has 3 aliphatic heterocycles. The van der Waals surface area contributed by atoms with Gasteiger partial charge in [0.2, 0.25) is 5.91 Å². The molecule has 204 valence electrons. The highest BCUT2D eigenvalue weighted by molar-refractivity contribution is 6.01. The Morgan fingerprint density at radius 1 is 1.28 bits per heavy atom. The van der Waals surface area contributed by atoms with Gasteiger partial charge in [-0.3, -0.25) is 14.5 Å². The maximum atomic E-state index is 13.9. The zero-order valence-corrected chi connectivity index (χ0v) is 21.9. The number of rotatable bonds is 9. The smallest absolute Gasteiger partial charge is 0.255 e. The fourth-order valence-corrected chi connectivity index (χ4v) is 5.90. The number of hydrogen-bond acceptors (Lipinski definition) is 6. The van der Waals surface area contributed by atoms with Crippen LogP contribution >= 0.6 is 0 Å². The second kappa shape index (κ2) is 10.5. The van der Waals surface area contributed by atoms with Gasteiger partial charge in [0.25, 0.3) is 5.91 Å². The maximum absolute atomic E-state index is 13.9. The van der Waals surface area contributed by atoms with Crippen molar-refractivity contribution in [1.82, 2.24) is 24.7 Å². The van der Waals surface area contributed by atoms with Crippen LogP contribution in [0.15, 0.2) is 36.5 Å². The molecule has 3 aromatic rings. The number of hydrogen-bond donors (Lipinski definition) is 1. The fraction of sp³-hybridized carbons (Fsp3) is 0.448. The van der Waals surface area contributed by atoms with Gasteiger partial charge in [-0.2, -0.15) is 0 Å². The van der Waals surface area contributed by atoms with Crippen LogP contribution < -0.4 is 5.32 Å². The molecule has 1 N–H and O–H groups in total. The number of halogens is 1. The first kappa shape index (κ1) is 25.6. The van der Waals surface area contributed by atoms with E-state index < -0.39 is 12.2 Å². The van der Waals surface area contributed by atoms with Gasteiger partial charge in [-0.25, -0.2) is 9.37 Å². The lowest BCUT2D eigenvalue weighted by molar-refractivity contribution is -0.125. The monoisotopic (exact) mass is 533 g/mol. The van der Waals surface area contributed by atoms with E-state index in [-0.39, 0.29) is 37.2 Å². The van der Waals surface area contributed by atoms with Crippen molar-refractivity contribution in [3.8, 4) is 11.3 Å². The van der Waals surface area contributed by atoms with Crippen molar-refractivity contribution in [2.45, 2.75) is 50.6 Å². The summed E-state index contributed by atoms with van der Waals surface area (Å²) in [5.74, 6) is -0.498. The Morgan fingerprint density at radius 3 is 2.82 bits per heavy atom. The number of likely N-dealkylation sites (N-methyl/N-ethyl adjacent to an activating group) is 1. The third-order valence-electron chi connectivity index (χ3n) is 8.11. The van der Waals surface area contributed by atoms with Gasteiger partial charge in [0, 0.05) is 62.4 Å². The van der Waals surface area contributed by atoms with Crippen molar-refractivity contribution < 1.29 is 23.5 Å². The molecule has 0 spiro atoms. The molecule has 0 radical (unpaired) electrons. The number of carbonyl (C=O) groups is 3. The molecule has 2 unspecified atom stereocenters. The van der Waals surface area contributed by atoms with Crippen LogP contribution in [-0.2, 0) is 27.4 Å². The number of amides is 2. The normalized spacial score (nSPS) is 20.3. The summed E-state index contributed by atoms with van der Waals surface area (Å²) in [5.41, 5.74) is 5.00. The topological polar surface area (TPSA) is 96.8 Å². The highest BCUT2D eigenvalue weighted by atomic mass is 19.1. The first-order valence-corrected chi connectivity index (χ1v) is 13.5. The minimum Gasteiger partial charge on any atom is -0.377 e. The molecule has 9 nitrogen and oxygen atoms in total. The van der Waals surface area contributed by atoms with E-state index in [9.17, 15) is 18.8 Å². The molecule has 5 heterocycles. The van der Waals surface area contributed by atoms with Crippen LogP contribution in [0.1, 0.15) is 46.8 Å². The number of aromatic nitrogens is 2. The van der Waals surface area contributed by atoms with Crippen molar-refractivity contribution in [1.29, 1.82) is 0 Å². The van der Waals surface area contributed by atoms with Gasteiger partial charge >= 0.3 is 0 Å². The molecule has 2 amide bonds. The molecule has 0 saturated carbocycles. The van der Waals surface area contributed by atoms with Gasteiger partial charge in [0.1, 0.15) is 24.1 Å². The summed E-state index contributed by atoms with van der Waals surface area (Å²) < 4.78 is 21.5. The van der Waals surface area contributed by atoms with Crippen LogP contribution in [0.4, 0.5) is 4.39 Å². The molecule has 1 aromatic carbocycles. The maximum Gasteiger partial charge on any atom is 0.255 e. The lowest BCUT2D eigenvalue weighted by Crippen LogP contribution is -2.46. The van der Waals surface area contributed by atoms with E-state index in [0.29, 0.717) is 38.3 Å². The van der Waals surface area contributed by atoms with E-state index in [4.69, 9.17) is 9.72 Å². The summed E-state index contributed by atoms with van der Waals surface area (Å²) in [5, 5.41) is 3.67. The number of aldehydes is 1. The predicted octanol–water partition coefficient (Wildman–Crippen LogP) is 2.87. The average Bonchev–Trinajstić information content (AvgIpc) is 3.60. The van der Waals surface area contributed by atoms with Gasteiger partial charge in [-0.1, -0.05) is 6.07 Å². The molecule has 2 fully saturated rings. The zero-order valence-electron chi connectivity index (χ0n) is 21.9. The molecule has 6 rings (SSSR count). The second-order valence-corrected chi connectivity index (χ2v) is 10.6. The third kappa shape index (κ3) is 4.72. The van der Waals surface area contributed by atoms with E-state index in [0.717, 1.165) is 46.2 Å². The molecule has 0 bridgehead atoms. The number of nitrogens with one attached hydrogen (secondary N) is 1. The number of carbonyl (C=O) groups excluding carboxylic acids is 3. The Bertz CT molecular complexity index is 1430. The summed E-state index contributed by atoms with van der Waals surface area (Å²) in [6.45, 7) is 3.38. The second-order valence-electron chi connectivity index (χ2n) is 10.6. The SMILES string of the molecule is CNC(=O)C(CCC=O)N1Cc2cc(-c3cc(CN4CCC(F)C4)c4ccn(C5COC5)c4n3)ccc2C1=O. The largest absolute Gasteiger partial charge is 0.377 e. The number of benzene rings is 1. The van der Waals surface area contributed by atoms with Crippen LogP contribution in [0.2, 0.25) is 0 Å². The van der Waals surface area contributed by atoms with Crippen molar-refractivity contribution in [3.05, 3.63) is 53.2 Å². The van der Waals surface area contributed by atoms with Gasteiger partial charge in [-0.15, -0.1) is 0 Å². The fourth-order valence-electron chi connectivity index (χ4n) is 5.90. The molecule has 39 heavy (non-hydrogen) atoms. The van der Waals surface area contributed by atoms with E-state index in [1.54, 1.807) is 11.0 Å². The van der Waals surface area contributed by atoms with Crippen molar-refractivity contribution in [2.75, 3.05) is 33.4 Å². The Morgan fingerprint density at radius 2 is 2.13 bits per heavy atom. The van der Waals surface area contributed by atoms with Crippen LogP contribution in [0.25, 0.3) is 22.3 Å². The number of ether oxygens (including phenoxy) is 1. The van der Waals surface area contributed by atoms with Gasteiger partial charge < -0.3 is 24.3 Å². The van der Waals surface area contributed by atoms with Crippen molar-refractivity contribution in [2.24, 2.45) is 0 Å². The molecule has 2 aromatic heterocycles. The first-order valence-electron chi connectivity index (χ1n) is 13.5. The summed E-state index contributed by atoms with van der Waals surface area (Å²) in [6.07, 6.45) is 3.05. The Balaban J connectivity index is 1.36. The van der Waals surface area contributed by atoms with E-state index >= 15 is 0 Å². The van der Waals surface area contributed by atoms with Gasteiger partial charge in [-0.05, 0) is 48.2 Å². The summed E-state index contributed by atoms with van der Waals surface area (Å²) in [7, 11) is 1.53. The van der Waals surface area contributed by atoms with E-state index in [1.165, 1.54) is 7.05 Å². The molecule has 3 aliphatic rings. The molecule has 0 aliphatic carbocycles. The van der Waals surface area contributed by atoms with Crippen molar-refractivity contribution >= 4 is 29.1 Å². The Kier molecular flexibility index (Phi) is 6.90.